The second-order valence-corrected chi connectivity index (χ2v) is 8.86. The van der Waals surface area contributed by atoms with E-state index in [1.54, 1.807) is 35.2 Å². The largest absolute Gasteiger partial charge is 0.398 e. The van der Waals surface area contributed by atoms with Gasteiger partial charge in [0.25, 0.3) is 0 Å². The lowest BCUT2D eigenvalue weighted by Crippen LogP contribution is -2.43. The minimum absolute atomic E-state index is 0.334. The molecule has 0 saturated carbocycles. The number of rotatable bonds is 5. The number of carbonyl (C=O) groups excluding carboxylic acids is 2. The van der Waals surface area contributed by atoms with Crippen molar-refractivity contribution < 1.29 is 14.0 Å². The van der Waals surface area contributed by atoms with E-state index in [9.17, 15) is 14.0 Å². The van der Waals surface area contributed by atoms with E-state index in [0.29, 0.717) is 22.4 Å². The number of hydrogen-bond acceptors (Lipinski definition) is 4. The van der Waals surface area contributed by atoms with Crippen molar-refractivity contribution in [3.8, 4) is 11.1 Å². The second kappa shape index (κ2) is 11.6. The summed E-state index contributed by atoms with van der Waals surface area (Å²) >= 11 is 0. The summed E-state index contributed by atoms with van der Waals surface area (Å²) in [6, 6.07) is 11.7. The number of anilines is 1. The van der Waals surface area contributed by atoms with E-state index in [1.807, 2.05) is 26.8 Å². The molecule has 0 atom stereocenters. The van der Waals surface area contributed by atoms with Crippen molar-refractivity contribution in [1.29, 1.82) is 0 Å². The van der Waals surface area contributed by atoms with Gasteiger partial charge in [-0.3, -0.25) is 9.59 Å². The van der Waals surface area contributed by atoms with Crippen LogP contribution in [0.4, 0.5) is 10.1 Å². The smallest absolute Gasteiger partial charge is 0.209 e. The number of allylic oxidation sites excluding steroid dienone is 1. The van der Waals surface area contributed by atoms with Crippen LogP contribution in [-0.2, 0) is 9.59 Å². The zero-order valence-corrected chi connectivity index (χ0v) is 20.8. The molecule has 184 valence electrons. The molecule has 3 N–H and O–H groups in total. The molecule has 1 aromatic heterocycles. The molecule has 6 nitrogen and oxygen atoms in total. The zero-order chi connectivity index (χ0) is 25.5. The molecule has 0 aliphatic carbocycles. The van der Waals surface area contributed by atoms with Gasteiger partial charge in [-0.25, -0.2) is 4.39 Å². The quantitative estimate of drug-likeness (QED) is 0.324. The lowest BCUT2D eigenvalue weighted by molar-refractivity contribution is -0.119. The summed E-state index contributed by atoms with van der Waals surface area (Å²) in [6.45, 7) is 9.84. The van der Waals surface area contributed by atoms with E-state index >= 15 is 0 Å². The molecule has 1 fully saturated rings. The number of aromatic amines is 1. The van der Waals surface area contributed by atoms with Crippen LogP contribution in [0.3, 0.4) is 0 Å². The number of benzene rings is 2. The van der Waals surface area contributed by atoms with Gasteiger partial charge in [0.1, 0.15) is 5.82 Å². The monoisotopic (exact) mass is 476 g/mol. The fraction of sp³-hybridized carbons (Fsp3) is 0.286. The Balaban J connectivity index is 0.000000320. The van der Waals surface area contributed by atoms with E-state index < -0.39 is 0 Å². The number of hydrogen-bond donors (Lipinski definition) is 2. The van der Waals surface area contributed by atoms with Crippen LogP contribution in [0.5, 0.6) is 0 Å². The number of nitrogen functional groups attached to an aromatic ring is 1. The number of aldehydes is 1. The standard InChI is InChI=1S/C22H21FN2O.C6H12N2O/c1-13-14(2)21(25-15(13)3)11-17(12-26)22-19(8-5-9-20(22)24)16-6-4-7-18(23)10-16;1-7-2-4-8(6-9)5-3-7/h4-12,25H,24H2,1-3H3;6H,2-5H2,1H3/b17-11+;. The topological polar surface area (TPSA) is 82.4 Å². The Morgan fingerprint density at radius 1 is 1.00 bits per heavy atom. The number of aromatic nitrogens is 1. The molecule has 3 aromatic rings. The van der Waals surface area contributed by atoms with Crippen LogP contribution >= 0.6 is 0 Å². The highest BCUT2D eigenvalue weighted by atomic mass is 19.1. The summed E-state index contributed by atoms with van der Waals surface area (Å²) < 4.78 is 13.7. The number of carbonyl (C=O) groups is 2. The van der Waals surface area contributed by atoms with Gasteiger partial charge in [-0.15, -0.1) is 0 Å². The summed E-state index contributed by atoms with van der Waals surface area (Å²) in [6.07, 6.45) is 3.52. The fourth-order valence-corrected chi connectivity index (χ4v) is 4.05. The molecule has 1 aliphatic rings. The Hall–Kier alpha value is -3.71. The van der Waals surface area contributed by atoms with Crippen molar-refractivity contribution in [2.75, 3.05) is 39.0 Å². The highest BCUT2D eigenvalue weighted by Crippen LogP contribution is 2.34. The Morgan fingerprint density at radius 3 is 2.26 bits per heavy atom. The molecule has 2 aromatic carbocycles. The van der Waals surface area contributed by atoms with Gasteiger partial charge < -0.3 is 20.5 Å². The number of piperazine rings is 1. The van der Waals surface area contributed by atoms with E-state index in [0.717, 1.165) is 67.0 Å². The maximum atomic E-state index is 13.7. The van der Waals surface area contributed by atoms with E-state index in [1.165, 1.54) is 12.1 Å². The van der Waals surface area contributed by atoms with E-state index in [4.69, 9.17) is 5.73 Å². The highest BCUT2D eigenvalue weighted by molar-refractivity contribution is 6.17. The van der Waals surface area contributed by atoms with Crippen LogP contribution in [0.15, 0.2) is 42.5 Å². The predicted octanol–water partition coefficient (Wildman–Crippen LogP) is 4.46. The SMILES string of the molecule is CN1CCN(C=O)CC1.Cc1[nH]c(/C=C(\C=O)c2c(N)cccc2-c2cccc(F)c2)c(C)c1C. The molecule has 0 spiro atoms. The van der Waals surface area contributed by atoms with Gasteiger partial charge in [-0.2, -0.15) is 0 Å². The van der Waals surface area contributed by atoms with Crippen molar-refractivity contribution >= 4 is 30.0 Å². The Bertz CT molecular complexity index is 1220. The van der Waals surface area contributed by atoms with Crippen LogP contribution < -0.4 is 5.73 Å². The minimum atomic E-state index is -0.334. The summed E-state index contributed by atoms with van der Waals surface area (Å²) in [5, 5.41) is 0. The summed E-state index contributed by atoms with van der Waals surface area (Å²) in [5.74, 6) is -0.334. The van der Waals surface area contributed by atoms with Gasteiger partial charge in [-0.1, -0.05) is 24.3 Å². The number of likely N-dealkylation sites (N-methyl/N-ethyl adjacent to an activating group) is 1. The van der Waals surface area contributed by atoms with Crippen LogP contribution in [0.1, 0.15) is 28.1 Å². The molecule has 4 rings (SSSR count). The lowest BCUT2D eigenvalue weighted by atomic mass is 9.92. The van der Waals surface area contributed by atoms with Gasteiger partial charge >= 0.3 is 0 Å². The highest BCUT2D eigenvalue weighted by Gasteiger charge is 2.15. The number of H-pyrrole nitrogens is 1. The first kappa shape index (κ1) is 25.9. The van der Waals surface area contributed by atoms with Crippen molar-refractivity contribution in [2.24, 2.45) is 0 Å². The third-order valence-electron chi connectivity index (χ3n) is 6.49. The first-order chi connectivity index (χ1) is 16.7. The number of amides is 1. The number of nitrogens with zero attached hydrogens (tertiary/aromatic N) is 2. The summed E-state index contributed by atoms with van der Waals surface area (Å²) in [7, 11) is 2.07. The minimum Gasteiger partial charge on any atom is -0.398 e. The second-order valence-electron chi connectivity index (χ2n) is 8.86. The van der Waals surface area contributed by atoms with Crippen LogP contribution in [0.25, 0.3) is 22.8 Å². The molecule has 7 heteroatoms. The third-order valence-corrected chi connectivity index (χ3v) is 6.49. The van der Waals surface area contributed by atoms with Crippen molar-refractivity contribution in [3.05, 3.63) is 76.4 Å². The molecule has 35 heavy (non-hydrogen) atoms. The third kappa shape index (κ3) is 6.25. The predicted molar refractivity (Wildman–Crippen MR) is 140 cm³/mol. The normalized spacial score (nSPS) is 14.3. The fourth-order valence-electron chi connectivity index (χ4n) is 4.05. The van der Waals surface area contributed by atoms with Gasteiger partial charge in [0.15, 0.2) is 6.29 Å². The van der Waals surface area contributed by atoms with Gasteiger partial charge in [0.05, 0.1) is 0 Å². The molecule has 0 radical (unpaired) electrons. The Labute approximate surface area is 206 Å². The molecule has 2 heterocycles. The van der Waals surface area contributed by atoms with Gasteiger partial charge in [-0.05, 0) is 74.3 Å². The van der Waals surface area contributed by atoms with Crippen LogP contribution in [-0.4, -0.2) is 60.7 Å². The van der Waals surface area contributed by atoms with Gasteiger partial charge in [0, 0.05) is 54.4 Å². The van der Waals surface area contributed by atoms with Crippen molar-refractivity contribution in [2.45, 2.75) is 20.8 Å². The summed E-state index contributed by atoms with van der Waals surface area (Å²) in [5.41, 5.74) is 13.3. The lowest BCUT2D eigenvalue weighted by Gasteiger charge is -2.29. The maximum absolute atomic E-state index is 13.7. The zero-order valence-electron chi connectivity index (χ0n) is 20.8. The summed E-state index contributed by atoms with van der Waals surface area (Å²) in [4.78, 5) is 29.4. The molecular weight excluding hydrogens is 443 g/mol. The molecule has 1 amide bonds. The number of aryl methyl sites for hydroxylation is 1. The number of nitrogens with one attached hydrogen (secondary N) is 1. The molecule has 0 unspecified atom stereocenters. The van der Waals surface area contributed by atoms with Crippen LogP contribution in [0, 0.1) is 26.6 Å². The molecular formula is C28H33FN4O2. The van der Waals surface area contributed by atoms with Crippen molar-refractivity contribution in [1.82, 2.24) is 14.8 Å². The van der Waals surface area contributed by atoms with E-state index in [-0.39, 0.29) is 5.82 Å². The number of nitrogens with two attached hydrogens (primary N) is 1. The number of halogens is 1. The van der Waals surface area contributed by atoms with Crippen LogP contribution in [0.2, 0.25) is 0 Å². The Kier molecular flexibility index (Phi) is 8.60. The maximum Gasteiger partial charge on any atom is 0.209 e. The van der Waals surface area contributed by atoms with E-state index in [2.05, 4.69) is 16.9 Å². The Morgan fingerprint density at radius 2 is 1.69 bits per heavy atom. The average molecular weight is 477 g/mol. The van der Waals surface area contributed by atoms with Crippen molar-refractivity contribution in [3.63, 3.8) is 0 Å². The average Bonchev–Trinajstić information content (AvgIpc) is 3.10. The first-order valence-corrected chi connectivity index (χ1v) is 11.6. The first-order valence-electron chi connectivity index (χ1n) is 11.6. The molecule has 1 saturated heterocycles. The molecule has 1 aliphatic heterocycles. The van der Waals surface area contributed by atoms with Gasteiger partial charge in [0.2, 0.25) is 6.41 Å². The molecule has 0 bridgehead atoms.